The summed E-state index contributed by atoms with van der Waals surface area (Å²) in [6, 6.07) is 12.9. The van der Waals surface area contributed by atoms with Gasteiger partial charge in [0.05, 0.1) is 28.5 Å². The lowest BCUT2D eigenvalue weighted by molar-refractivity contribution is -0.139. The number of nitrogens with zero attached hydrogens (tertiary/aromatic N) is 2. The van der Waals surface area contributed by atoms with E-state index in [1.54, 1.807) is 29.8 Å². The van der Waals surface area contributed by atoms with Crippen molar-refractivity contribution in [3.8, 4) is 0 Å². The van der Waals surface area contributed by atoms with Crippen molar-refractivity contribution in [1.29, 1.82) is 0 Å². The number of fused-ring (bicyclic) bond motifs is 1. The number of ether oxygens (including phenoxy) is 1. The van der Waals surface area contributed by atoms with E-state index in [1.807, 2.05) is 53.9 Å². The van der Waals surface area contributed by atoms with Crippen LogP contribution in [0, 0.1) is 0 Å². The Morgan fingerprint density at radius 1 is 1.25 bits per heavy atom. The summed E-state index contributed by atoms with van der Waals surface area (Å²) in [5, 5.41) is 1.97. The Hall–Kier alpha value is -2.77. The molecule has 28 heavy (non-hydrogen) atoms. The van der Waals surface area contributed by atoms with E-state index in [1.165, 1.54) is 11.3 Å². The monoisotopic (exact) mass is 410 g/mol. The van der Waals surface area contributed by atoms with Gasteiger partial charge in [-0.15, -0.1) is 11.3 Å². The van der Waals surface area contributed by atoms with Gasteiger partial charge >= 0.3 is 5.97 Å². The van der Waals surface area contributed by atoms with E-state index in [9.17, 15) is 9.59 Å². The standard InChI is InChI=1S/C21H18N2O3S2/c1-3-26-20(25)17-13(2)22-21-23(18(17)14-8-5-4-6-9-14)19(24)16(28-21)12-15-10-7-11-27-15/h4-12,18H,3H2,1-2H3. The van der Waals surface area contributed by atoms with E-state index < -0.39 is 12.0 Å². The van der Waals surface area contributed by atoms with Crippen LogP contribution >= 0.6 is 22.7 Å². The van der Waals surface area contributed by atoms with Crippen LogP contribution in [0.3, 0.4) is 0 Å². The minimum Gasteiger partial charge on any atom is -0.463 e. The first-order valence-corrected chi connectivity index (χ1v) is 10.6. The van der Waals surface area contributed by atoms with Crippen molar-refractivity contribution >= 4 is 34.7 Å². The highest BCUT2D eigenvalue weighted by Gasteiger charge is 2.33. The molecule has 1 aliphatic heterocycles. The van der Waals surface area contributed by atoms with Crippen LogP contribution in [-0.4, -0.2) is 17.1 Å². The molecule has 0 amide bonds. The predicted octanol–water partition coefficient (Wildman–Crippen LogP) is 2.86. The number of benzene rings is 1. The summed E-state index contributed by atoms with van der Waals surface area (Å²) in [5.74, 6) is -0.440. The molecule has 0 saturated heterocycles. The number of hydrogen-bond acceptors (Lipinski definition) is 6. The lowest BCUT2D eigenvalue weighted by atomic mass is 9.96. The number of thiophene rings is 1. The number of aromatic nitrogens is 1. The third-order valence-electron chi connectivity index (χ3n) is 4.45. The number of esters is 1. The van der Waals surface area contributed by atoms with Crippen molar-refractivity contribution in [1.82, 2.24) is 4.57 Å². The van der Waals surface area contributed by atoms with E-state index in [2.05, 4.69) is 4.99 Å². The molecule has 142 valence electrons. The van der Waals surface area contributed by atoms with Crippen molar-refractivity contribution < 1.29 is 9.53 Å². The van der Waals surface area contributed by atoms with Crippen LogP contribution in [0.2, 0.25) is 0 Å². The second-order valence-electron chi connectivity index (χ2n) is 6.23. The number of allylic oxidation sites excluding steroid dienone is 1. The summed E-state index contributed by atoms with van der Waals surface area (Å²) in [6.45, 7) is 3.82. The number of hydrogen-bond donors (Lipinski definition) is 0. The third kappa shape index (κ3) is 3.27. The molecule has 1 unspecified atom stereocenters. The maximum Gasteiger partial charge on any atom is 0.338 e. The van der Waals surface area contributed by atoms with Crippen molar-refractivity contribution in [3.05, 3.63) is 89.2 Å². The zero-order chi connectivity index (χ0) is 19.7. The van der Waals surface area contributed by atoms with Crippen LogP contribution in [-0.2, 0) is 9.53 Å². The van der Waals surface area contributed by atoms with Crippen molar-refractivity contribution in [2.75, 3.05) is 6.61 Å². The van der Waals surface area contributed by atoms with Crippen LogP contribution in [0.1, 0.15) is 30.3 Å². The van der Waals surface area contributed by atoms with Gasteiger partial charge in [0.25, 0.3) is 5.56 Å². The van der Waals surface area contributed by atoms with Crippen LogP contribution in [0.15, 0.2) is 68.9 Å². The van der Waals surface area contributed by atoms with Gasteiger partial charge < -0.3 is 4.74 Å². The molecular weight excluding hydrogens is 392 g/mol. The maximum atomic E-state index is 13.3. The van der Waals surface area contributed by atoms with Gasteiger partial charge in [0.15, 0.2) is 4.80 Å². The van der Waals surface area contributed by atoms with Gasteiger partial charge in [-0.3, -0.25) is 9.36 Å². The molecule has 1 atom stereocenters. The SMILES string of the molecule is CCOC(=O)C1=C(C)N=c2sc(=Cc3cccs3)c(=O)n2C1c1ccccc1. The first-order chi connectivity index (χ1) is 13.6. The Bertz CT molecular complexity index is 1220. The van der Waals surface area contributed by atoms with Crippen LogP contribution in [0.4, 0.5) is 0 Å². The Morgan fingerprint density at radius 3 is 2.71 bits per heavy atom. The van der Waals surface area contributed by atoms with E-state index in [0.717, 1.165) is 10.4 Å². The predicted molar refractivity (Wildman–Crippen MR) is 111 cm³/mol. The molecule has 1 aromatic carbocycles. The minimum atomic E-state index is -0.554. The van der Waals surface area contributed by atoms with Gasteiger partial charge in [-0.2, -0.15) is 0 Å². The number of rotatable bonds is 4. The summed E-state index contributed by atoms with van der Waals surface area (Å²) in [6.07, 6.45) is 1.87. The molecule has 0 aliphatic carbocycles. The van der Waals surface area contributed by atoms with E-state index >= 15 is 0 Å². The van der Waals surface area contributed by atoms with Crippen molar-refractivity contribution in [2.24, 2.45) is 4.99 Å². The smallest absolute Gasteiger partial charge is 0.338 e. The molecule has 0 N–H and O–H groups in total. The minimum absolute atomic E-state index is 0.152. The molecule has 0 spiro atoms. The summed E-state index contributed by atoms with van der Waals surface area (Å²) >= 11 is 2.91. The lowest BCUT2D eigenvalue weighted by Gasteiger charge is -2.24. The van der Waals surface area contributed by atoms with E-state index in [-0.39, 0.29) is 12.2 Å². The van der Waals surface area contributed by atoms with Gasteiger partial charge in [0.1, 0.15) is 0 Å². The van der Waals surface area contributed by atoms with Crippen LogP contribution < -0.4 is 14.9 Å². The first-order valence-electron chi connectivity index (χ1n) is 8.88. The maximum absolute atomic E-state index is 13.3. The number of carbonyl (C=O) groups excluding carboxylic acids is 1. The molecule has 3 aromatic rings. The second-order valence-corrected chi connectivity index (χ2v) is 8.22. The molecule has 7 heteroatoms. The van der Waals surface area contributed by atoms with Crippen LogP contribution in [0.5, 0.6) is 0 Å². The summed E-state index contributed by atoms with van der Waals surface area (Å²) in [4.78, 5) is 32.1. The third-order valence-corrected chi connectivity index (χ3v) is 6.25. The van der Waals surface area contributed by atoms with Gasteiger partial charge in [-0.1, -0.05) is 47.7 Å². The van der Waals surface area contributed by atoms with Gasteiger partial charge in [0.2, 0.25) is 0 Å². The first kappa shape index (κ1) is 18.6. The number of thiazole rings is 1. The van der Waals surface area contributed by atoms with Crippen molar-refractivity contribution in [2.45, 2.75) is 19.9 Å². The topological polar surface area (TPSA) is 60.7 Å². The fourth-order valence-corrected chi connectivity index (χ4v) is 5.01. The Balaban J connectivity index is 1.97. The Morgan fingerprint density at radius 2 is 2.04 bits per heavy atom. The summed E-state index contributed by atoms with van der Waals surface area (Å²) < 4.78 is 7.48. The molecule has 4 rings (SSSR count). The molecule has 2 aromatic heterocycles. The fourth-order valence-electron chi connectivity index (χ4n) is 3.24. The van der Waals surface area contributed by atoms with Crippen LogP contribution in [0.25, 0.3) is 6.08 Å². The molecule has 0 radical (unpaired) electrons. The largest absolute Gasteiger partial charge is 0.463 e. The quantitative estimate of drug-likeness (QED) is 0.622. The van der Waals surface area contributed by atoms with E-state index in [4.69, 9.17) is 4.74 Å². The molecule has 5 nitrogen and oxygen atoms in total. The highest BCUT2D eigenvalue weighted by Crippen LogP contribution is 2.30. The Kier molecular flexibility index (Phi) is 5.11. The van der Waals surface area contributed by atoms with Gasteiger partial charge in [0, 0.05) is 4.88 Å². The molecular formula is C21H18N2O3S2. The lowest BCUT2D eigenvalue weighted by Crippen LogP contribution is -2.39. The Labute approximate surface area is 169 Å². The molecule has 0 bridgehead atoms. The zero-order valence-electron chi connectivity index (χ0n) is 15.4. The highest BCUT2D eigenvalue weighted by atomic mass is 32.1. The summed E-state index contributed by atoms with van der Waals surface area (Å²) in [7, 11) is 0. The average molecular weight is 411 g/mol. The molecule has 3 heterocycles. The van der Waals surface area contributed by atoms with Crippen molar-refractivity contribution in [3.63, 3.8) is 0 Å². The number of carbonyl (C=O) groups is 1. The molecule has 0 saturated carbocycles. The average Bonchev–Trinajstić information content (AvgIpc) is 3.30. The van der Waals surface area contributed by atoms with E-state index in [0.29, 0.717) is 20.6 Å². The molecule has 1 aliphatic rings. The normalized spacial score (nSPS) is 16.6. The summed E-state index contributed by atoms with van der Waals surface area (Å²) in [5.41, 5.74) is 1.68. The molecule has 0 fully saturated rings. The second kappa shape index (κ2) is 7.69. The zero-order valence-corrected chi connectivity index (χ0v) is 17.0. The van der Waals surface area contributed by atoms with Gasteiger partial charge in [-0.25, -0.2) is 9.79 Å². The highest BCUT2D eigenvalue weighted by molar-refractivity contribution is 7.11. The van der Waals surface area contributed by atoms with Gasteiger partial charge in [-0.05, 0) is 36.9 Å². The fraction of sp³-hybridized carbons (Fsp3) is 0.190.